The molecule has 2 N–H and O–H groups in total. The van der Waals surface area contributed by atoms with Crippen LogP contribution < -0.4 is 15.4 Å². The number of carbonyl (C=O) groups excluding carboxylic acids is 1. The highest BCUT2D eigenvalue weighted by Crippen LogP contribution is 2.31. The number of benzene rings is 1. The number of nitrogens with zero attached hydrogens (tertiary/aromatic N) is 3. The summed E-state index contributed by atoms with van der Waals surface area (Å²) < 4.78 is 45.9. The second-order valence-electron chi connectivity index (χ2n) is 9.87. The fourth-order valence-corrected chi connectivity index (χ4v) is 5.36. The largest absolute Gasteiger partial charge is 0.493 e. The molecule has 0 unspecified atom stereocenters. The fourth-order valence-electron chi connectivity index (χ4n) is 4.18. The molecule has 4 rings (SSSR count). The first kappa shape index (κ1) is 26.5. The summed E-state index contributed by atoms with van der Waals surface area (Å²) in [5.74, 6) is -0.337. The standard InChI is InChI=1S/C27H31FN4O4S/c1-17(2)15-36-21-12-19(11-20(28)13-21)23-8-7-22(27(30-23)32-10-9-18(3)14-32)24(33)16-37(34,35)26-6-4-5-25(29)31-26/h4-8,11-13,17-18H,9-10,14-16H2,1-3H3,(H2,29,31)/t18-/m0/s1. The molecule has 37 heavy (non-hydrogen) atoms. The summed E-state index contributed by atoms with van der Waals surface area (Å²) in [6.45, 7) is 7.90. The second-order valence-corrected chi connectivity index (χ2v) is 11.8. The first-order valence-electron chi connectivity index (χ1n) is 12.2. The smallest absolute Gasteiger partial charge is 0.203 e. The number of rotatable bonds is 9. The number of aromatic nitrogens is 2. The lowest BCUT2D eigenvalue weighted by Gasteiger charge is -2.21. The Morgan fingerprint density at radius 3 is 2.65 bits per heavy atom. The third-order valence-electron chi connectivity index (χ3n) is 6.03. The maximum absolute atomic E-state index is 14.4. The van der Waals surface area contributed by atoms with E-state index in [9.17, 15) is 17.6 Å². The molecule has 10 heteroatoms. The number of nitrogens with two attached hydrogens (primary N) is 1. The van der Waals surface area contributed by atoms with E-state index in [1.165, 1.54) is 30.3 Å². The van der Waals surface area contributed by atoms with E-state index in [4.69, 9.17) is 15.5 Å². The molecule has 1 saturated heterocycles. The van der Waals surface area contributed by atoms with Gasteiger partial charge in [0, 0.05) is 24.7 Å². The van der Waals surface area contributed by atoms with Crippen molar-refractivity contribution in [2.24, 2.45) is 11.8 Å². The van der Waals surface area contributed by atoms with E-state index < -0.39 is 27.2 Å². The molecule has 1 aliphatic rings. The predicted molar refractivity (Wildman–Crippen MR) is 141 cm³/mol. The van der Waals surface area contributed by atoms with Crippen LogP contribution in [-0.4, -0.2) is 49.6 Å². The molecule has 1 aliphatic heterocycles. The minimum atomic E-state index is -4.02. The average Bonchev–Trinajstić information content (AvgIpc) is 3.28. The van der Waals surface area contributed by atoms with Crippen LogP contribution in [0.15, 0.2) is 53.6 Å². The number of carbonyl (C=O) groups is 1. The SMILES string of the molecule is CC(C)COc1cc(F)cc(-c2ccc(C(=O)CS(=O)(=O)c3cccc(N)n3)c(N3CC[C@H](C)C3)n2)c1. The molecular formula is C27H31FN4O4S. The summed E-state index contributed by atoms with van der Waals surface area (Å²) in [7, 11) is -4.02. The number of Topliss-reactive ketones (excluding diaryl/α,β-unsaturated/α-hetero) is 1. The molecule has 1 atom stereocenters. The Bertz CT molecular complexity index is 1410. The molecule has 0 amide bonds. The summed E-state index contributed by atoms with van der Waals surface area (Å²) in [4.78, 5) is 23.9. The van der Waals surface area contributed by atoms with Crippen LogP contribution in [0.5, 0.6) is 5.75 Å². The summed E-state index contributed by atoms with van der Waals surface area (Å²) in [6.07, 6.45) is 0.915. The van der Waals surface area contributed by atoms with Gasteiger partial charge >= 0.3 is 0 Å². The monoisotopic (exact) mass is 526 g/mol. The molecule has 196 valence electrons. The van der Waals surface area contributed by atoms with Crippen LogP contribution in [0.3, 0.4) is 0 Å². The number of ketones is 1. The lowest BCUT2D eigenvalue weighted by Crippen LogP contribution is -2.25. The number of pyridine rings is 2. The van der Waals surface area contributed by atoms with Crippen molar-refractivity contribution in [3.8, 4) is 17.0 Å². The molecule has 0 bridgehead atoms. The van der Waals surface area contributed by atoms with Gasteiger partial charge in [0.05, 0.1) is 17.9 Å². The zero-order valence-corrected chi connectivity index (χ0v) is 22.0. The van der Waals surface area contributed by atoms with Gasteiger partial charge in [-0.1, -0.05) is 26.8 Å². The van der Waals surface area contributed by atoms with Gasteiger partial charge in [-0.2, -0.15) is 0 Å². The molecule has 0 spiro atoms. The number of anilines is 2. The zero-order chi connectivity index (χ0) is 26.7. The predicted octanol–water partition coefficient (Wildman–Crippen LogP) is 4.40. The maximum Gasteiger partial charge on any atom is 0.203 e. The van der Waals surface area contributed by atoms with Crippen molar-refractivity contribution in [1.82, 2.24) is 9.97 Å². The molecule has 0 saturated carbocycles. The van der Waals surface area contributed by atoms with Crippen LogP contribution in [0.4, 0.5) is 16.0 Å². The van der Waals surface area contributed by atoms with Crippen molar-refractivity contribution in [3.63, 3.8) is 0 Å². The van der Waals surface area contributed by atoms with Gasteiger partial charge in [-0.05, 0) is 54.7 Å². The minimum Gasteiger partial charge on any atom is -0.493 e. The van der Waals surface area contributed by atoms with Gasteiger partial charge in [0.1, 0.15) is 29.0 Å². The van der Waals surface area contributed by atoms with Crippen LogP contribution in [0.1, 0.15) is 37.6 Å². The van der Waals surface area contributed by atoms with Crippen LogP contribution in [0.2, 0.25) is 0 Å². The summed E-state index contributed by atoms with van der Waals surface area (Å²) in [6, 6.07) is 11.8. The number of ether oxygens (including phenoxy) is 1. The topological polar surface area (TPSA) is 115 Å². The van der Waals surface area contributed by atoms with E-state index in [0.717, 1.165) is 6.42 Å². The van der Waals surface area contributed by atoms with Crippen LogP contribution >= 0.6 is 0 Å². The van der Waals surface area contributed by atoms with E-state index in [2.05, 4.69) is 11.9 Å². The highest BCUT2D eigenvalue weighted by atomic mass is 32.2. The average molecular weight is 527 g/mol. The van der Waals surface area contributed by atoms with Gasteiger partial charge in [-0.25, -0.2) is 22.8 Å². The van der Waals surface area contributed by atoms with Crippen molar-refractivity contribution in [1.29, 1.82) is 0 Å². The zero-order valence-electron chi connectivity index (χ0n) is 21.1. The quantitative estimate of drug-likeness (QED) is 0.408. The second kappa shape index (κ2) is 10.8. The first-order valence-corrected chi connectivity index (χ1v) is 13.9. The molecule has 2 aromatic heterocycles. The number of hydrogen-bond acceptors (Lipinski definition) is 8. The molecule has 3 aromatic rings. The van der Waals surface area contributed by atoms with E-state index in [-0.39, 0.29) is 22.3 Å². The molecule has 0 radical (unpaired) electrons. The molecule has 0 aliphatic carbocycles. The van der Waals surface area contributed by atoms with Gasteiger partial charge in [0.25, 0.3) is 0 Å². The van der Waals surface area contributed by atoms with Gasteiger partial charge in [-0.3, -0.25) is 4.79 Å². The Kier molecular flexibility index (Phi) is 7.77. The van der Waals surface area contributed by atoms with Crippen LogP contribution in [-0.2, 0) is 9.84 Å². The van der Waals surface area contributed by atoms with E-state index in [1.807, 2.05) is 18.7 Å². The van der Waals surface area contributed by atoms with Crippen LogP contribution in [0, 0.1) is 17.7 Å². The van der Waals surface area contributed by atoms with Gasteiger partial charge in [-0.15, -0.1) is 0 Å². The summed E-state index contributed by atoms with van der Waals surface area (Å²) in [5.41, 5.74) is 6.78. The Morgan fingerprint density at radius 2 is 1.97 bits per heavy atom. The van der Waals surface area contributed by atoms with Crippen LogP contribution in [0.25, 0.3) is 11.3 Å². The van der Waals surface area contributed by atoms with Gasteiger partial charge in [0.15, 0.2) is 10.8 Å². The number of hydrogen-bond donors (Lipinski definition) is 1. The first-order chi connectivity index (χ1) is 17.5. The highest BCUT2D eigenvalue weighted by Gasteiger charge is 2.29. The molecule has 1 fully saturated rings. The van der Waals surface area contributed by atoms with E-state index in [1.54, 1.807) is 18.2 Å². The molecule has 1 aromatic carbocycles. The minimum absolute atomic E-state index is 0.0538. The number of sulfone groups is 1. The highest BCUT2D eigenvalue weighted by molar-refractivity contribution is 7.92. The van der Waals surface area contributed by atoms with E-state index >= 15 is 0 Å². The third kappa shape index (κ3) is 6.43. The van der Waals surface area contributed by atoms with Crippen molar-refractivity contribution in [2.45, 2.75) is 32.2 Å². The van der Waals surface area contributed by atoms with Gasteiger partial charge in [0.2, 0.25) is 9.84 Å². The van der Waals surface area contributed by atoms with Crippen molar-refractivity contribution in [3.05, 3.63) is 59.9 Å². The summed E-state index contributed by atoms with van der Waals surface area (Å²) in [5, 5.41) is -0.254. The van der Waals surface area contributed by atoms with Crippen molar-refractivity contribution >= 4 is 27.3 Å². The number of halogens is 1. The summed E-state index contributed by atoms with van der Waals surface area (Å²) >= 11 is 0. The van der Waals surface area contributed by atoms with Gasteiger partial charge < -0.3 is 15.4 Å². The third-order valence-corrected chi connectivity index (χ3v) is 7.54. The molecule has 3 heterocycles. The Labute approximate surface area is 216 Å². The van der Waals surface area contributed by atoms with E-state index in [0.29, 0.717) is 48.4 Å². The Hall–Kier alpha value is -3.53. The molecular weight excluding hydrogens is 495 g/mol. The fraction of sp³-hybridized carbons (Fsp3) is 0.370. The van der Waals surface area contributed by atoms with Crippen molar-refractivity contribution < 1.29 is 22.3 Å². The lowest BCUT2D eigenvalue weighted by molar-refractivity contribution is 0.102. The lowest BCUT2D eigenvalue weighted by atomic mass is 10.1. The number of nitrogen functional groups attached to an aromatic ring is 1. The molecule has 8 nitrogen and oxygen atoms in total. The Morgan fingerprint density at radius 1 is 1.19 bits per heavy atom. The normalized spacial score (nSPS) is 15.8. The maximum atomic E-state index is 14.4. The Balaban J connectivity index is 1.70. The van der Waals surface area contributed by atoms with Crippen molar-refractivity contribution in [2.75, 3.05) is 36.1 Å².